The second-order valence-corrected chi connectivity index (χ2v) is 7.57. The number of unbranched alkanes of at least 4 members (excludes halogenated alkanes) is 3. The predicted molar refractivity (Wildman–Crippen MR) is 84.3 cm³/mol. The Hall–Kier alpha value is -0.870. The Morgan fingerprint density at radius 2 is 1.60 bits per heavy atom. The van der Waals surface area contributed by atoms with Crippen molar-refractivity contribution in [1.82, 2.24) is 4.72 Å². The summed E-state index contributed by atoms with van der Waals surface area (Å²) in [4.78, 5) is 0.350. The molecule has 1 aromatic carbocycles. The van der Waals surface area contributed by atoms with Gasteiger partial charge in [-0.1, -0.05) is 57.2 Å². The van der Waals surface area contributed by atoms with Crippen molar-refractivity contribution in [3.63, 3.8) is 0 Å². The Kier molecular flexibility index (Phi) is 7.24. The summed E-state index contributed by atoms with van der Waals surface area (Å²) in [6, 6.07) is 6.95. The molecule has 1 N–H and O–H groups in total. The summed E-state index contributed by atoms with van der Waals surface area (Å²) in [6.07, 6.45) is 5.67. The molecule has 1 aromatic rings. The predicted octanol–water partition coefficient (Wildman–Crippen LogP) is 3.88. The standard InChI is InChI=1S/C16H27NO2S/c1-14(2)8-6-4-5-7-13-17-20(18,19)16-11-9-15(3)10-12-16/h9-12,14,17H,4-8,13H2,1-3H3. The molecule has 20 heavy (non-hydrogen) atoms. The monoisotopic (exact) mass is 297 g/mol. The van der Waals surface area contributed by atoms with Gasteiger partial charge in [-0.05, 0) is 31.4 Å². The van der Waals surface area contributed by atoms with Crippen molar-refractivity contribution in [3.05, 3.63) is 29.8 Å². The van der Waals surface area contributed by atoms with Gasteiger partial charge in [-0.2, -0.15) is 0 Å². The van der Waals surface area contributed by atoms with E-state index in [4.69, 9.17) is 0 Å². The van der Waals surface area contributed by atoms with Crippen LogP contribution >= 0.6 is 0 Å². The molecule has 114 valence electrons. The van der Waals surface area contributed by atoms with E-state index in [0.717, 1.165) is 24.3 Å². The van der Waals surface area contributed by atoms with Crippen molar-refractivity contribution in [1.29, 1.82) is 0 Å². The van der Waals surface area contributed by atoms with Crippen molar-refractivity contribution >= 4 is 10.0 Å². The second kappa shape index (κ2) is 8.42. The molecular weight excluding hydrogens is 270 g/mol. The molecule has 0 bridgehead atoms. The van der Waals surface area contributed by atoms with Crippen molar-refractivity contribution in [3.8, 4) is 0 Å². The average molecular weight is 297 g/mol. The molecule has 4 heteroatoms. The molecule has 3 nitrogen and oxygen atoms in total. The summed E-state index contributed by atoms with van der Waals surface area (Å²) in [5, 5.41) is 0. The van der Waals surface area contributed by atoms with Crippen LogP contribution in [0.2, 0.25) is 0 Å². The van der Waals surface area contributed by atoms with Crippen LogP contribution in [0.25, 0.3) is 0 Å². The summed E-state index contributed by atoms with van der Waals surface area (Å²) < 4.78 is 26.7. The number of hydrogen-bond acceptors (Lipinski definition) is 2. The number of sulfonamides is 1. The van der Waals surface area contributed by atoms with Crippen LogP contribution in [0.5, 0.6) is 0 Å². The molecule has 0 saturated carbocycles. The lowest BCUT2D eigenvalue weighted by Crippen LogP contribution is -2.24. The van der Waals surface area contributed by atoms with Crippen molar-refractivity contribution in [2.24, 2.45) is 5.92 Å². The van der Waals surface area contributed by atoms with Crippen molar-refractivity contribution in [2.75, 3.05) is 6.54 Å². The number of aryl methyl sites for hydroxylation is 1. The van der Waals surface area contributed by atoms with Gasteiger partial charge in [0.05, 0.1) is 4.90 Å². The maximum absolute atomic E-state index is 12.0. The third kappa shape index (κ3) is 6.53. The molecule has 0 aliphatic rings. The highest BCUT2D eigenvalue weighted by atomic mass is 32.2. The van der Waals surface area contributed by atoms with Gasteiger partial charge in [0.2, 0.25) is 10.0 Å². The van der Waals surface area contributed by atoms with Crippen LogP contribution in [-0.4, -0.2) is 15.0 Å². The maximum Gasteiger partial charge on any atom is 0.240 e. The van der Waals surface area contributed by atoms with E-state index < -0.39 is 10.0 Å². The zero-order valence-corrected chi connectivity index (χ0v) is 13.7. The minimum atomic E-state index is -3.33. The van der Waals surface area contributed by atoms with Crippen molar-refractivity contribution in [2.45, 2.75) is 57.8 Å². The summed E-state index contributed by atoms with van der Waals surface area (Å²) in [5.74, 6) is 0.759. The lowest BCUT2D eigenvalue weighted by Gasteiger charge is -2.07. The fraction of sp³-hybridized carbons (Fsp3) is 0.625. The lowest BCUT2D eigenvalue weighted by molar-refractivity contribution is 0.517. The van der Waals surface area contributed by atoms with Crippen LogP contribution in [0, 0.1) is 12.8 Å². The summed E-state index contributed by atoms with van der Waals surface area (Å²) >= 11 is 0. The van der Waals surface area contributed by atoms with E-state index >= 15 is 0 Å². The first-order valence-corrected chi connectivity index (χ1v) is 8.96. The lowest BCUT2D eigenvalue weighted by atomic mass is 10.0. The number of nitrogens with one attached hydrogen (secondary N) is 1. The Morgan fingerprint density at radius 1 is 1.00 bits per heavy atom. The molecule has 1 rings (SSSR count). The van der Waals surface area contributed by atoms with Gasteiger partial charge in [0.15, 0.2) is 0 Å². The van der Waals surface area contributed by atoms with Gasteiger partial charge in [-0.3, -0.25) is 0 Å². The molecule has 0 radical (unpaired) electrons. The molecule has 0 fully saturated rings. The Balaban J connectivity index is 2.25. The smallest absolute Gasteiger partial charge is 0.211 e. The summed E-state index contributed by atoms with van der Waals surface area (Å²) in [7, 11) is -3.33. The third-order valence-corrected chi connectivity index (χ3v) is 4.81. The van der Waals surface area contributed by atoms with Gasteiger partial charge >= 0.3 is 0 Å². The van der Waals surface area contributed by atoms with Gasteiger partial charge in [0, 0.05) is 6.54 Å². The zero-order valence-electron chi connectivity index (χ0n) is 12.9. The van der Waals surface area contributed by atoms with E-state index in [0.29, 0.717) is 11.4 Å². The van der Waals surface area contributed by atoms with E-state index in [1.54, 1.807) is 12.1 Å². The molecule has 0 spiro atoms. The number of hydrogen-bond donors (Lipinski definition) is 1. The van der Waals surface area contributed by atoms with Crippen molar-refractivity contribution < 1.29 is 8.42 Å². The first-order chi connectivity index (χ1) is 9.42. The average Bonchev–Trinajstić information content (AvgIpc) is 2.37. The van der Waals surface area contributed by atoms with E-state index in [-0.39, 0.29) is 0 Å². The van der Waals surface area contributed by atoms with E-state index in [1.807, 2.05) is 19.1 Å². The molecule has 0 saturated heterocycles. The minimum Gasteiger partial charge on any atom is -0.211 e. The van der Waals surface area contributed by atoms with Gasteiger partial charge in [-0.25, -0.2) is 13.1 Å². The SMILES string of the molecule is Cc1ccc(S(=O)(=O)NCCCCCCC(C)C)cc1. The van der Waals surface area contributed by atoms with E-state index in [2.05, 4.69) is 18.6 Å². The molecule has 0 atom stereocenters. The molecule has 0 aliphatic heterocycles. The highest BCUT2D eigenvalue weighted by molar-refractivity contribution is 7.89. The van der Waals surface area contributed by atoms with Crippen LogP contribution < -0.4 is 4.72 Å². The van der Waals surface area contributed by atoms with E-state index in [9.17, 15) is 8.42 Å². The normalized spacial score (nSPS) is 12.0. The van der Waals surface area contributed by atoms with Crippen LogP contribution in [-0.2, 0) is 10.0 Å². The fourth-order valence-corrected chi connectivity index (χ4v) is 3.11. The molecular formula is C16H27NO2S. The minimum absolute atomic E-state index is 0.350. The van der Waals surface area contributed by atoms with Crippen LogP contribution in [0.1, 0.15) is 51.5 Å². The Labute approximate surface area is 123 Å². The third-order valence-electron chi connectivity index (χ3n) is 3.33. The number of benzene rings is 1. The van der Waals surface area contributed by atoms with Crippen LogP contribution in [0.15, 0.2) is 29.2 Å². The summed E-state index contributed by atoms with van der Waals surface area (Å²) in [6.45, 7) is 6.93. The fourth-order valence-electron chi connectivity index (χ4n) is 2.04. The van der Waals surface area contributed by atoms with Gasteiger partial charge in [0.25, 0.3) is 0 Å². The number of rotatable bonds is 9. The Bertz CT molecular complexity index is 478. The molecule has 0 aromatic heterocycles. The Morgan fingerprint density at radius 3 is 2.20 bits per heavy atom. The van der Waals surface area contributed by atoms with E-state index in [1.165, 1.54) is 19.3 Å². The van der Waals surface area contributed by atoms with Gasteiger partial charge in [-0.15, -0.1) is 0 Å². The summed E-state index contributed by atoms with van der Waals surface area (Å²) in [5.41, 5.74) is 1.06. The van der Waals surface area contributed by atoms with Gasteiger partial charge < -0.3 is 0 Å². The topological polar surface area (TPSA) is 46.2 Å². The zero-order chi connectivity index (χ0) is 15.0. The van der Waals surface area contributed by atoms with Crippen LogP contribution in [0.4, 0.5) is 0 Å². The first kappa shape index (κ1) is 17.2. The first-order valence-electron chi connectivity index (χ1n) is 7.48. The highest BCUT2D eigenvalue weighted by Gasteiger charge is 2.12. The molecule has 0 amide bonds. The highest BCUT2D eigenvalue weighted by Crippen LogP contribution is 2.11. The van der Waals surface area contributed by atoms with Crippen LogP contribution in [0.3, 0.4) is 0 Å². The maximum atomic E-state index is 12.0. The second-order valence-electron chi connectivity index (χ2n) is 5.81. The molecule has 0 heterocycles. The molecule has 0 unspecified atom stereocenters. The van der Waals surface area contributed by atoms with Gasteiger partial charge in [0.1, 0.15) is 0 Å². The largest absolute Gasteiger partial charge is 0.240 e. The molecule has 0 aliphatic carbocycles. The quantitative estimate of drug-likeness (QED) is 0.703.